The van der Waals surface area contributed by atoms with Gasteiger partial charge in [0.2, 0.25) is 33.0 Å². The number of carbonyl (C=O) groups is 5. The highest BCUT2D eigenvalue weighted by atomic mass is 31.2. The maximum absolute atomic E-state index is 12.7. The molecule has 4 aromatic heterocycles. The van der Waals surface area contributed by atoms with Gasteiger partial charge in [-0.25, -0.2) is 35.2 Å². The lowest BCUT2D eigenvalue weighted by atomic mass is 9.96. The van der Waals surface area contributed by atoms with Crippen molar-refractivity contribution in [3.63, 3.8) is 0 Å². The molecule has 0 saturated carbocycles. The van der Waals surface area contributed by atoms with Crippen LogP contribution in [0.5, 0.6) is 0 Å². The number of hydrogen-bond acceptors (Lipinski definition) is 31. The Morgan fingerprint density at radius 2 is 0.926 bits per heavy atom. The molecule has 4 aliphatic rings. The highest BCUT2D eigenvalue weighted by molar-refractivity contribution is 7.44. The van der Waals surface area contributed by atoms with Gasteiger partial charge >= 0.3 is 28.7 Å². The number of nitro benzene ring substituents is 1. The molecule has 4 saturated heterocycles. The molecule has 1 aromatic carbocycles. The summed E-state index contributed by atoms with van der Waals surface area (Å²) >= 11 is 0. The number of esters is 1. The van der Waals surface area contributed by atoms with Gasteiger partial charge in [0.15, 0.2) is 24.9 Å². The van der Waals surface area contributed by atoms with Crippen LogP contribution in [0.1, 0.15) is 142 Å². The van der Waals surface area contributed by atoms with Crippen molar-refractivity contribution in [1.82, 2.24) is 64.1 Å². The number of likely N-dealkylation sites (N-methyl/N-ethyl adjacent to an activating group) is 4. The van der Waals surface area contributed by atoms with E-state index in [1.165, 1.54) is 126 Å². The summed E-state index contributed by atoms with van der Waals surface area (Å²) < 4.78 is 98.9. The number of hydrogen-bond donors (Lipinski definition) is 12. The molecule has 4 amide bonds. The fraction of sp³-hybridized carbons (Fsp3) is 0.632. The Balaban J connectivity index is 0.000000350. The minimum Gasteiger partial charge on any atom is -0.456 e. The average molecular weight is 1760 g/mol. The maximum Gasteiger partial charge on any atom is 0.338 e. The number of nitro groups is 1. The molecule has 680 valence electrons. The monoisotopic (exact) mass is 1760 g/mol. The van der Waals surface area contributed by atoms with Gasteiger partial charge in [0.1, 0.15) is 81.9 Å². The van der Waals surface area contributed by atoms with Gasteiger partial charge in [-0.05, 0) is 94.2 Å². The summed E-state index contributed by atoms with van der Waals surface area (Å²) in [5, 5.41) is 47.8. The van der Waals surface area contributed by atoms with Gasteiger partial charge in [-0.1, -0.05) is 27.7 Å². The fourth-order valence-corrected chi connectivity index (χ4v) is 14.7. The quantitative estimate of drug-likeness (QED) is 0.00656. The number of carbonyl (C=O) groups excluding carboxylic acids is 5. The molecule has 5 aromatic rings. The summed E-state index contributed by atoms with van der Waals surface area (Å²) in [5.41, 5.74) is -3.74. The van der Waals surface area contributed by atoms with Crippen LogP contribution in [0.25, 0.3) is 4.85 Å². The topological polar surface area (TPSA) is 586 Å². The molecule has 8 heterocycles. The number of aromatic amines is 4. The van der Waals surface area contributed by atoms with E-state index in [0.717, 1.165) is 4.57 Å². The fourth-order valence-electron chi connectivity index (χ4n) is 12.9. The van der Waals surface area contributed by atoms with Crippen LogP contribution in [0.4, 0.5) is 5.69 Å². The van der Waals surface area contributed by atoms with E-state index in [4.69, 9.17) is 63.9 Å². The van der Waals surface area contributed by atoms with E-state index in [1.54, 1.807) is 41.5 Å². The molecule has 0 aliphatic carbocycles. The van der Waals surface area contributed by atoms with Crippen LogP contribution in [-0.2, 0) is 70.9 Å². The summed E-state index contributed by atoms with van der Waals surface area (Å²) in [5.74, 6) is -2.93. The molecule has 122 heavy (non-hydrogen) atoms. The molecule has 4 aliphatic heterocycles. The number of aromatic nitrogens is 8. The Bertz CT molecular complexity index is 4810. The highest BCUT2D eigenvalue weighted by Crippen LogP contribution is 2.51. The van der Waals surface area contributed by atoms with E-state index in [2.05, 4.69) is 56.3 Å². The number of ether oxygens (including phenoxy) is 9. The number of amides is 4. The molecule has 45 nitrogen and oxygen atoms in total. The van der Waals surface area contributed by atoms with Crippen molar-refractivity contribution in [3.8, 4) is 0 Å². The molecule has 1 unspecified atom stereocenters. The molecular weight excluding hydrogens is 1630 g/mol. The van der Waals surface area contributed by atoms with E-state index in [0.29, 0.717) is 5.56 Å². The molecule has 0 radical (unpaired) electrons. The van der Waals surface area contributed by atoms with Gasteiger partial charge in [-0.3, -0.25) is 86.7 Å². The highest BCUT2D eigenvalue weighted by Gasteiger charge is 2.52. The molecule has 21 atom stereocenters. The van der Waals surface area contributed by atoms with Crippen molar-refractivity contribution in [2.24, 2.45) is 11.8 Å². The number of aliphatic hydroxyl groups is 4. The molecule has 4 fully saturated rings. The average Bonchev–Trinajstić information content (AvgIpc) is 1.64. The van der Waals surface area contributed by atoms with Crippen LogP contribution in [0.3, 0.4) is 0 Å². The van der Waals surface area contributed by atoms with E-state index < -0.39 is 193 Å². The lowest BCUT2D eigenvalue weighted by Crippen LogP contribution is -2.43. The summed E-state index contributed by atoms with van der Waals surface area (Å²) in [4.78, 5) is 178. The number of rotatable bonds is 31. The van der Waals surface area contributed by atoms with Crippen molar-refractivity contribution in [2.45, 2.75) is 220 Å². The molecule has 0 spiro atoms. The zero-order chi connectivity index (χ0) is 95.2. The number of aliphatic hydroxyl groups excluding tert-OH is 4. The first kappa shape index (κ1) is 97.5. The normalized spacial score (nSPS) is 24.8. The predicted octanol–water partition coefficient (Wildman–Crippen LogP) is -0.634. The molecule has 46 heteroatoms. The molecule has 9 rings (SSSR count). The van der Waals surface area contributed by atoms with Gasteiger partial charge in [0, 0.05) is 128 Å². The van der Waals surface area contributed by atoms with Crippen molar-refractivity contribution in [1.29, 1.82) is 2.86 Å². The first-order chi connectivity index (χ1) is 59.3. The number of nitrogens with one attached hydrogen (secondary N) is 8. The van der Waals surface area contributed by atoms with Crippen molar-refractivity contribution in [2.75, 3.05) is 82.0 Å². The molecule has 12 N–H and O–H groups in total. The van der Waals surface area contributed by atoms with Crippen LogP contribution >= 0.6 is 8.53 Å². The Morgan fingerprint density at radius 1 is 0.590 bits per heavy atom. The van der Waals surface area contributed by atoms with Gasteiger partial charge in [0.25, 0.3) is 36.5 Å². The number of nitrogens with zero attached hydrogens (tertiary/aromatic N) is 7. The third kappa shape index (κ3) is 27.8. The standard InChI is InChI=1S/C23H38N5O7P.C22H26N4O9.C15H23N3O6.C14H21N3O6.2CH4O/c1-9-17-19(35-36(33-11-10-24-7)28(14(2)3)15(4)5)20(32-13-18(29)25-8)22(34-17)27-12-16(6)21(30)26-23(27)31;1-11-9-25(22(30)24-19(11)28)20-18(33-10-16(27)23-4)12(2)17(35-20)13(3)34-21(29)14-5-7-15(8-6-14)26(31)32;1-7-5-18(15(22)17-13(7)21)14-12(23-6-10(20)16-4)8(2)11(24-14)9(3)19;1-4-8-10(19)11(22-6-9(18)15-3)13(23-8)17-5-7(2)12(20)16-14(17)21;2*1-2/h12,14-15,17,19-20,22H,9-11,13H2,1-6,8H3,(H,25,29)(H,26,30,31);5-9,12-13,17-18,20H,10H2,1-4H3,(H,23,27)(H,24,28,30);5,8-9,11-12,14,19H,6H2,1-4H3,(H,16,20)(H,17,21,22);5,8,10-11,13,19H,4,6H2,1-3H3,(H,15,18)(H,16,20,21);2*2H,1H3/t17-,19-,20-,22-,36?;12-,13+,17+,18-,20-;8-,9+,11+,12-,14-;8-,10-,11-,13-;;/m1111../s1/i9D;;;4D;2*2T/t9-,17-,19-,20-,22-,36?;;;4-,8-,10-,11-,13-;;. The number of benzene rings is 1. The smallest absolute Gasteiger partial charge is 0.338 e. The summed E-state index contributed by atoms with van der Waals surface area (Å²) in [6.45, 7) is 30.3. The second-order valence-corrected chi connectivity index (χ2v) is 29.7. The molecule has 0 bridgehead atoms. The Hall–Kier alpha value is -9.99. The zero-order valence-corrected chi connectivity index (χ0v) is 72.4. The SMILES string of the molecule is CNC(=O)CO[C@@H]1[C@H](C)[C@@H]([C@H](C)O)O[C@H]1n1cc(C)c(=O)[nH]c1=O.CNC(=O)CO[C@@H]1[C@H](C)[C@@H]([C@H](C)OC(=O)c2ccc([N+](=O)[O-])cc2)O[C@H]1n1cc(C)c(=O)[nH]c1=O.[2H][C@H](C)[C@H]1O[C@@H](n2cc(C)c(=O)[nH]c2=O)[C@H](OCC(=O)NC)[C@@H]1O.[2H][C@H](C)[C@H]1O[C@@H](n2cc(C)c(=O)[nH]c2=O)[C@H](OCC(=O)NC)[C@@H]1OP(OCC[N+]#[C-])N(C(C)C)C(C)C.[3H]OC.[3H]OC. The zero-order valence-electron chi connectivity index (χ0n) is 75.5. The van der Waals surface area contributed by atoms with Crippen LogP contribution in [-0.4, -0.2) is 268 Å². The predicted molar refractivity (Wildman–Crippen MR) is 437 cm³/mol. The number of aryl methyl sites for hydroxylation is 4. The summed E-state index contributed by atoms with van der Waals surface area (Å²) in [6, 6.07) is 5.01. The third-order valence-electron chi connectivity index (χ3n) is 19.2. The molecular formula is C76H116N15O30P. The van der Waals surface area contributed by atoms with Gasteiger partial charge in [-0.15, -0.1) is 0 Å². The van der Waals surface area contributed by atoms with Gasteiger partial charge in [0.05, 0.1) is 34.9 Å². The first-order valence-corrected chi connectivity index (χ1v) is 39.5. The van der Waals surface area contributed by atoms with Gasteiger partial charge in [-0.2, -0.15) is 0 Å². The van der Waals surface area contributed by atoms with Gasteiger partial charge < -0.3 is 98.2 Å². The van der Waals surface area contributed by atoms with E-state index in [-0.39, 0.29) is 97.3 Å². The van der Waals surface area contributed by atoms with Crippen LogP contribution in [0.2, 0.25) is 0 Å². The summed E-state index contributed by atoms with van der Waals surface area (Å²) in [6.07, 6.45) is -10.4. The van der Waals surface area contributed by atoms with Crippen LogP contribution < -0.4 is 66.3 Å². The van der Waals surface area contributed by atoms with Crippen molar-refractivity contribution < 1.29 is 104 Å². The van der Waals surface area contributed by atoms with E-state index in [9.17, 15) is 82.7 Å². The van der Waals surface area contributed by atoms with E-state index in [1.807, 2.05) is 39.3 Å². The second kappa shape index (κ2) is 49.9. The first-order valence-electron chi connectivity index (χ1n) is 40.3. The minimum atomic E-state index is -1.74. The Kier molecular flexibility index (Phi) is 39.9. The van der Waals surface area contributed by atoms with Crippen LogP contribution in [0.15, 0.2) is 87.4 Å². The largest absolute Gasteiger partial charge is 0.456 e. The van der Waals surface area contributed by atoms with Crippen LogP contribution in [0, 0.1) is 56.2 Å². The maximum atomic E-state index is 12.7. The lowest BCUT2D eigenvalue weighted by molar-refractivity contribution is -0.384. The number of non-ortho nitro benzene ring substituents is 1. The van der Waals surface area contributed by atoms with E-state index >= 15 is 0 Å². The third-order valence-corrected chi connectivity index (χ3v) is 21.3. The second-order valence-electron chi connectivity index (χ2n) is 28.3. The minimum absolute atomic E-state index is 0.0266. The lowest BCUT2D eigenvalue weighted by Gasteiger charge is -2.38. The Morgan fingerprint density at radius 3 is 1.27 bits per heavy atom. The summed E-state index contributed by atoms with van der Waals surface area (Å²) in [7, 11) is 6.70. The van der Waals surface area contributed by atoms with Crippen molar-refractivity contribution >= 4 is 43.8 Å². The number of H-pyrrole nitrogens is 4. The Labute approximate surface area is 707 Å². The van der Waals surface area contributed by atoms with Crippen molar-refractivity contribution in [3.05, 3.63) is 182 Å².